The second kappa shape index (κ2) is 6.80. The van der Waals surface area contributed by atoms with Crippen molar-refractivity contribution in [2.75, 3.05) is 6.79 Å². The molecule has 0 unspecified atom stereocenters. The lowest BCUT2D eigenvalue weighted by atomic mass is 10.1. The highest BCUT2D eigenvalue weighted by Gasteiger charge is 2.25. The predicted molar refractivity (Wildman–Crippen MR) is 98.6 cm³/mol. The van der Waals surface area contributed by atoms with Gasteiger partial charge in [0, 0.05) is 18.4 Å². The van der Waals surface area contributed by atoms with E-state index in [1.165, 1.54) is 5.01 Å². The highest BCUT2D eigenvalue weighted by Crippen LogP contribution is 2.35. The van der Waals surface area contributed by atoms with Crippen LogP contribution in [0.1, 0.15) is 24.3 Å². The molecule has 2 aromatic carbocycles. The number of rotatable bonds is 4. The summed E-state index contributed by atoms with van der Waals surface area (Å²) < 4.78 is 16.1. The van der Waals surface area contributed by atoms with Crippen LogP contribution in [-0.2, 0) is 11.3 Å². The summed E-state index contributed by atoms with van der Waals surface area (Å²) in [4.78, 5) is 16.7. The summed E-state index contributed by atoms with van der Waals surface area (Å²) in [6.07, 6.45) is 0.820. The van der Waals surface area contributed by atoms with Crippen molar-refractivity contribution in [3.8, 4) is 22.9 Å². The molecule has 0 radical (unpaired) electrons. The Balaban J connectivity index is 1.40. The summed E-state index contributed by atoms with van der Waals surface area (Å²) in [5, 5.41) is 9.96. The Labute approximate surface area is 160 Å². The fourth-order valence-corrected chi connectivity index (χ4v) is 3.13. The van der Waals surface area contributed by atoms with Crippen molar-refractivity contribution >= 4 is 11.6 Å². The maximum absolute atomic E-state index is 12.2. The average Bonchev–Trinajstić information content (AvgIpc) is 3.39. The summed E-state index contributed by atoms with van der Waals surface area (Å²) in [6.45, 7) is 0.616. The van der Waals surface area contributed by atoms with E-state index in [0.29, 0.717) is 48.3 Å². The lowest BCUT2D eigenvalue weighted by molar-refractivity contribution is -0.132. The molecule has 8 nitrogen and oxygen atoms in total. The fourth-order valence-electron chi connectivity index (χ4n) is 3.13. The molecule has 0 spiro atoms. The monoisotopic (exact) mass is 376 g/mol. The van der Waals surface area contributed by atoms with E-state index in [-0.39, 0.29) is 12.7 Å². The number of hydrazone groups is 1. The van der Waals surface area contributed by atoms with Crippen molar-refractivity contribution in [3.05, 3.63) is 60.0 Å². The van der Waals surface area contributed by atoms with Gasteiger partial charge in [0.2, 0.25) is 18.5 Å². The molecule has 0 fully saturated rings. The van der Waals surface area contributed by atoms with Gasteiger partial charge < -0.3 is 14.0 Å². The van der Waals surface area contributed by atoms with E-state index in [1.807, 2.05) is 48.5 Å². The topological polar surface area (TPSA) is 90.0 Å². The molecule has 3 heterocycles. The first-order chi connectivity index (χ1) is 13.8. The minimum atomic E-state index is -0.0249. The molecule has 3 aromatic rings. The molecule has 1 aromatic heterocycles. The third-order valence-corrected chi connectivity index (χ3v) is 4.58. The first-order valence-corrected chi connectivity index (χ1v) is 8.92. The number of nitrogens with zero attached hydrogens (tertiary/aromatic N) is 4. The fraction of sp³-hybridized carbons (Fsp3) is 0.200. The van der Waals surface area contributed by atoms with Gasteiger partial charge in [0.15, 0.2) is 11.5 Å². The molecular weight excluding hydrogens is 360 g/mol. The first-order valence-electron chi connectivity index (χ1n) is 8.92. The zero-order valence-electron chi connectivity index (χ0n) is 14.9. The Morgan fingerprint density at radius 1 is 1.00 bits per heavy atom. The van der Waals surface area contributed by atoms with Gasteiger partial charge in [-0.2, -0.15) is 10.1 Å². The molecule has 0 bridgehead atoms. The smallest absolute Gasteiger partial charge is 0.274 e. The summed E-state index contributed by atoms with van der Waals surface area (Å²) in [7, 11) is 0. The predicted octanol–water partition coefficient (Wildman–Crippen LogP) is 2.99. The minimum Gasteiger partial charge on any atom is -0.454 e. The molecule has 28 heavy (non-hydrogen) atoms. The molecule has 2 aliphatic heterocycles. The number of carbonyl (C=O) groups excluding carboxylic acids is 1. The van der Waals surface area contributed by atoms with Gasteiger partial charge in [0.05, 0.1) is 6.54 Å². The molecule has 0 N–H and O–H groups in total. The van der Waals surface area contributed by atoms with E-state index in [1.54, 1.807) is 0 Å². The van der Waals surface area contributed by atoms with Crippen LogP contribution in [0.5, 0.6) is 11.5 Å². The molecule has 140 valence electrons. The van der Waals surface area contributed by atoms with Crippen LogP contribution in [0.2, 0.25) is 0 Å². The van der Waals surface area contributed by atoms with E-state index in [0.717, 1.165) is 11.1 Å². The number of hydrogen-bond acceptors (Lipinski definition) is 7. The minimum absolute atomic E-state index is 0.0249. The van der Waals surface area contributed by atoms with Crippen molar-refractivity contribution in [2.45, 2.75) is 19.4 Å². The van der Waals surface area contributed by atoms with Crippen molar-refractivity contribution < 1.29 is 18.8 Å². The standard InChI is InChI=1S/C20H16N4O4/c25-18-9-7-15(22-24(18)11-13-4-2-1-3-5-13)20-21-19(23-28-20)14-6-8-16-17(10-14)27-12-26-16/h1-6,8,10H,7,9,11-12H2. The maximum Gasteiger partial charge on any atom is 0.274 e. The van der Waals surface area contributed by atoms with Crippen LogP contribution in [0.15, 0.2) is 58.2 Å². The van der Waals surface area contributed by atoms with Crippen LogP contribution >= 0.6 is 0 Å². The Morgan fingerprint density at radius 2 is 1.86 bits per heavy atom. The number of amides is 1. The van der Waals surface area contributed by atoms with Gasteiger partial charge in [-0.15, -0.1) is 0 Å². The molecule has 0 saturated heterocycles. The number of aromatic nitrogens is 2. The van der Waals surface area contributed by atoms with Crippen LogP contribution in [0.3, 0.4) is 0 Å². The molecule has 8 heteroatoms. The summed E-state index contributed by atoms with van der Waals surface area (Å²) in [5.41, 5.74) is 2.37. The van der Waals surface area contributed by atoms with Crippen molar-refractivity contribution in [3.63, 3.8) is 0 Å². The van der Waals surface area contributed by atoms with Crippen LogP contribution < -0.4 is 9.47 Å². The first kappa shape index (κ1) is 16.5. The number of benzene rings is 2. The molecule has 5 rings (SSSR count). The molecule has 2 aliphatic rings. The van der Waals surface area contributed by atoms with Crippen LogP contribution in [0, 0.1) is 0 Å². The highest BCUT2D eigenvalue weighted by molar-refractivity contribution is 6.01. The SMILES string of the molecule is O=C1CCC(c2nc(-c3ccc4c(c3)OCO4)no2)=NN1Cc1ccccc1. The van der Waals surface area contributed by atoms with Crippen LogP contribution in [0.4, 0.5) is 0 Å². The number of fused-ring (bicyclic) bond motifs is 1. The van der Waals surface area contributed by atoms with Gasteiger partial charge in [-0.3, -0.25) is 4.79 Å². The highest BCUT2D eigenvalue weighted by atomic mass is 16.7. The zero-order valence-corrected chi connectivity index (χ0v) is 14.9. The van der Waals surface area contributed by atoms with E-state index in [9.17, 15) is 4.79 Å². The Bertz CT molecular complexity index is 1060. The normalized spacial score (nSPS) is 15.6. The van der Waals surface area contributed by atoms with Crippen molar-refractivity contribution in [1.82, 2.24) is 15.1 Å². The van der Waals surface area contributed by atoms with E-state index < -0.39 is 0 Å². The largest absolute Gasteiger partial charge is 0.454 e. The summed E-state index contributed by atoms with van der Waals surface area (Å²) >= 11 is 0. The molecule has 0 aliphatic carbocycles. The van der Waals surface area contributed by atoms with Gasteiger partial charge in [-0.1, -0.05) is 35.5 Å². The Morgan fingerprint density at radius 3 is 2.75 bits per heavy atom. The number of ether oxygens (including phenoxy) is 2. The van der Waals surface area contributed by atoms with E-state index in [2.05, 4.69) is 15.2 Å². The Kier molecular flexibility index (Phi) is 4.01. The van der Waals surface area contributed by atoms with E-state index >= 15 is 0 Å². The van der Waals surface area contributed by atoms with Gasteiger partial charge >= 0.3 is 0 Å². The molecule has 1 amide bonds. The van der Waals surface area contributed by atoms with Gasteiger partial charge in [0.25, 0.3) is 5.89 Å². The second-order valence-electron chi connectivity index (χ2n) is 6.47. The lowest BCUT2D eigenvalue weighted by Gasteiger charge is -2.22. The summed E-state index contributed by atoms with van der Waals surface area (Å²) in [5.74, 6) is 2.07. The van der Waals surface area contributed by atoms with Crippen LogP contribution in [0.25, 0.3) is 11.4 Å². The molecule has 0 atom stereocenters. The third kappa shape index (κ3) is 3.09. The number of carbonyl (C=O) groups is 1. The Hall–Kier alpha value is -3.68. The lowest BCUT2D eigenvalue weighted by Crippen LogP contribution is -2.31. The number of hydrogen-bond donors (Lipinski definition) is 0. The van der Waals surface area contributed by atoms with E-state index in [4.69, 9.17) is 14.0 Å². The third-order valence-electron chi connectivity index (χ3n) is 4.58. The van der Waals surface area contributed by atoms with Crippen molar-refractivity contribution in [1.29, 1.82) is 0 Å². The quantitative estimate of drug-likeness (QED) is 0.695. The zero-order chi connectivity index (χ0) is 18.9. The molecule has 0 saturated carbocycles. The van der Waals surface area contributed by atoms with Crippen molar-refractivity contribution in [2.24, 2.45) is 5.10 Å². The van der Waals surface area contributed by atoms with Gasteiger partial charge in [0.1, 0.15) is 5.71 Å². The second-order valence-corrected chi connectivity index (χ2v) is 6.47. The van der Waals surface area contributed by atoms with Crippen LogP contribution in [-0.4, -0.2) is 33.6 Å². The maximum atomic E-state index is 12.2. The summed E-state index contributed by atoms with van der Waals surface area (Å²) in [6, 6.07) is 15.2. The molecular formula is C20H16N4O4. The average molecular weight is 376 g/mol. The van der Waals surface area contributed by atoms with Gasteiger partial charge in [-0.05, 0) is 23.8 Å². The van der Waals surface area contributed by atoms with Gasteiger partial charge in [-0.25, -0.2) is 5.01 Å².